The average Bonchev–Trinajstić information content (AvgIpc) is 3.55. The molecule has 0 saturated carbocycles. The van der Waals surface area contributed by atoms with E-state index in [1.165, 1.54) is 19.4 Å². The van der Waals surface area contributed by atoms with Crippen LogP contribution in [0.3, 0.4) is 0 Å². The molecule has 0 fully saturated rings. The molecule has 3 aromatic rings. The summed E-state index contributed by atoms with van der Waals surface area (Å²) < 4.78 is 0. The number of carboxylic acids is 2. The van der Waals surface area contributed by atoms with Crippen LogP contribution >= 0.6 is 0 Å². The predicted molar refractivity (Wildman–Crippen MR) is 138 cm³/mol. The van der Waals surface area contributed by atoms with Crippen molar-refractivity contribution in [2.75, 3.05) is 0 Å². The number of carbonyl (C=O) groups is 5. The van der Waals surface area contributed by atoms with E-state index in [1.54, 1.807) is 6.20 Å². The highest BCUT2D eigenvalue weighted by molar-refractivity contribution is 5.95. The van der Waals surface area contributed by atoms with Gasteiger partial charge in [0.15, 0.2) is 0 Å². The quantitative estimate of drug-likeness (QED) is 0.130. The first kappa shape index (κ1) is 28.8. The van der Waals surface area contributed by atoms with Crippen LogP contribution in [0.5, 0.6) is 0 Å². The molecule has 0 bridgehead atoms. The molecule has 9 N–H and O–H groups in total. The van der Waals surface area contributed by atoms with Gasteiger partial charge in [-0.05, 0) is 25.0 Å². The maximum absolute atomic E-state index is 13.5. The molecule has 4 unspecified atom stereocenters. The Balaban J connectivity index is 1.84. The monoisotopic (exact) mass is 541 g/mol. The summed E-state index contributed by atoms with van der Waals surface area (Å²) in [6.45, 7) is 1.47. The number of hydrogen-bond acceptors (Lipinski definition) is 7. The molecule has 0 spiro atoms. The van der Waals surface area contributed by atoms with Gasteiger partial charge in [0.1, 0.15) is 18.1 Å². The van der Waals surface area contributed by atoms with Gasteiger partial charge in [-0.3, -0.25) is 19.2 Å². The molecule has 1 aromatic carbocycles. The van der Waals surface area contributed by atoms with E-state index >= 15 is 0 Å². The lowest BCUT2D eigenvalue weighted by atomic mass is 10.0. The van der Waals surface area contributed by atoms with Crippen LogP contribution in [0, 0.1) is 0 Å². The number of aromatic amines is 2. The van der Waals surface area contributed by atoms with Crippen LogP contribution in [0.1, 0.15) is 31.0 Å². The van der Waals surface area contributed by atoms with Crippen molar-refractivity contribution < 1.29 is 34.2 Å². The highest BCUT2D eigenvalue weighted by Gasteiger charge is 2.31. The zero-order chi connectivity index (χ0) is 28.5. The van der Waals surface area contributed by atoms with Gasteiger partial charge in [0.05, 0.1) is 12.4 Å². The summed E-state index contributed by atoms with van der Waals surface area (Å²) >= 11 is 0. The molecular formula is C25H31N7O7. The Morgan fingerprint density at radius 3 is 2.18 bits per heavy atom. The highest BCUT2D eigenvalue weighted by atomic mass is 16.4. The molecule has 4 atom stereocenters. The minimum Gasteiger partial charge on any atom is -0.481 e. The third kappa shape index (κ3) is 8.13. The Kier molecular flexibility index (Phi) is 9.75. The zero-order valence-electron chi connectivity index (χ0n) is 21.1. The third-order valence-corrected chi connectivity index (χ3v) is 6.02. The predicted octanol–water partition coefficient (Wildman–Crippen LogP) is -0.573. The van der Waals surface area contributed by atoms with Gasteiger partial charge in [0, 0.05) is 48.3 Å². The first-order valence-corrected chi connectivity index (χ1v) is 12.2. The van der Waals surface area contributed by atoms with Crippen LogP contribution < -0.4 is 21.7 Å². The summed E-state index contributed by atoms with van der Waals surface area (Å²) in [4.78, 5) is 71.4. The number of nitrogens with one attached hydrogen (secondary N) is 5. The number of nitrogens with two attached hydrogens (primary N) is 1. The summed E-state index contributed by atoms with van der Waals surface area (Å²) in [7, 11) is 0. The van der Waals surface area contributed by atoms with Crippen molar-refractivity contribution in [1.82, 2.24) is 30.9 Å². The van der Waals surface area contributed by atoms with Gasteiger partial charge in [0.2, 0.25) is 17.7 Å². The van der Waals surface area contributed by atoms with Gasteiger partial charge < -0.3 is 41.9 Å². The first-order valence-electron chi connectivity index (χ1n) is 12.2. The van der Waals surface area contributed by atoms with E-state index in [4.69, 9.17) is 10.8 Å². The number of aromatic nitrogens is 3. The minimum absolute atomic E-state index is 0.0725. The molecule has 14 nitrogen and oxygen atoms in total. The fourth-order valence-electron chi connectivity index (χ4n) is 3.93. The Labute approximate surface area is 222 Å². The van der Waals surface area contributed by atoms with Gasteiger partial charge in [-0.1, -0.05) is 18.2 Å². The van der Waals surface area contributed by atoms with Crippen LogP contribution in [0.2, 0.25) is 0 Å². The normalized spacial score (nSPS) is 14.1. The topological polar surface area (TPSA) is 232 Å². The van der Waals surface area contributed by atoms with Gasteiger partial charge in [-0.15, -0.1) is 0 Å². The number of hydrogen-bond donors (Lipinski definition) is 8. The van der Waals surface area contributed by atoms with Gasteiger partial charge in [0.25, 0.3) is 0 Å². The van der Waals surface area contributed by atoms with Gasteiger partial charge in [-0.2, -0.15) is 0 Å². The minimum atomic E-state index is -1.49. The van der Waals surface area contributed by atoms with E-state index in [1.807, 2.05) is 24.3 Å². The fourth-order valence-corrected chi connectivity index (χ4v) is 3.93. The number of carbonyl (C=O) groups excluding carboxylic acids is 3. The average molecular weight is 542 g/mol. The molecule has 208 valence electrons. The molecule has 39 heavy (non-hydrogen) atoms. The van der Waals surface area contributed by atoms with E-state index < -0.39 is 60.2 Å². The smallest absolute Gasteiger partial charge is 0.326 e. The second-order valence-corrected chi connectivity index (χ2v) is 9.09. The molecule has 3 rings (SSSR count). The standard InChI is InChI=1S/C25H31N7O7/c1-13(26)22(35)31-19(8-14-10-28-17-5-3-2-4-16(14)17)23(36)32-20(9-15-11-27-12-29-15)24(37)30-18(25(38)39)6-7-21(33)34/h2-5,10-13,18-20,28H,6-9,26H2,1H3,(H,27,29)(H,30,37)(H,31,35)(H,32,36)(H,33,34)(H,38,39). The molecule has 0 aliphatic carbocycles. The molecule has 14 heteroatoms. The van der Waals surface area contributed by atoms with E-state index in [2.05, 4.69) is 30.9 Å². The number of imidazole rings is 1. The lowest BCUT2D eigenvalue weighted by Gasteiger charge is -2.24. The summed E-state index contributed by atoms with van der Waals surface area (Å²) in [5, 5.41) is 26.7. The Morgan fingerprint density at radius 2 is 1.56 bits per heavy atom. The van der Waals surface area contributed by atoms with E-state index in [0.717, 1.165) is 16.5 Å². The zero-order valence-corrected chi connectivity index (χ0v) is 21.1. The molecular weight excluding hydrogens is 510 g/mol. The van der Waals surface area contributed by atoms with Gasteiger partial charge >= 0.3 is 11.9 Å². The fraction of sp³-hybridized carbons (Fsp3) is 0.360. The van der Waals surface area contributed by atoms with E-state index in [-0.39, 0.29) is 19.3 Å². The summed E-state index contributed by atoms with van der Waals surface area (Å²) in [5.41, 5.74) is 7.75. The van der Waals surface area contributed by atoms with Crippen LogP contribution in [0.15, 0.2) is 43.0 Å². The largest absolute Gasteiger partial charge is 0.481 e. The summed E-state index contributed by atoms with van der Waals surface area (Å²) in [6.07, 6.45) is 3.69. The van der Waals surface area contributed by atoms with Crippen molar-refractivity contribution in [2.45, 2.75) is 56.8 Å². The molecule has 0 aliphatic heterocycles. The van der Waals surface area contributed by atoms with Crippen LogP contribution in [-0.4, -0.2) is 79.0 Å². The molecule has 2 aromatic heterocycles. The lowest BCUT2D eigenvalue weighted by Crippen LogP contribution is -2.58. The van der Waals surface area contributed by atoms with Crippen LogP contribution in [0.4, 0.5) is 0 Å². The van der Waals surface area contributed by atoms with E-state index in [9.17, 15) is 29.1 Å². The third-order valence-electron chi connectivity index (χ3n) is 6.02. The number of nitrogens with zero attached hydrogens (tertiary/aromatic N) is 1. The molecule has 0 saturated heterocycles. The number of rotatable bonds is 14. The number of aliphatic carboxylic acids is 2. The van der Waals surface area contributed by atoms with Crippen molar-refractivity contribution in [3.63, 3.8) is 0 Å². The van der Waals surface area contributed by atoms with Crippen molar-refractivity contribution in [2.24, 2.45) is 5.73 Å². The molecule has 0 aliphatic rings. The maximum Gasteiger partial charge on any atom is 0.326 e. The van der Waals surface area contributed by atoms with Crippen molar-refractivity contribution in [3.05, 3.63) is 54.2 Å². The molecule has 0 radical (unpaired) electrons. The Hall–Kier alpha value is -4.72. The van der Waals surface area contributed by atoms with E-state index in [0.29, 0.717) is 5.69 Å². The second-order valence-electron chi connectivity index (χ2n) is 9.09. The van der Waals surface area contributed by atoms with Crippen LogP contribution in [0.25, 0.3) is 10.9 Å². The number of fused-ring (bicyclic) bond motifs is 1. The van der Waals surface area contributed by atoms with Gasteiger partial charge in [-0.25, -0.2) is 9.78 Å². The lowest BCUT2D eigenvalue weighted by molar-refractivity contribution is -0.143. The summed E-state index contributed by atoms with van der Waals surface area (Å²) in [5.74, 6) is -4.77. The van der Waals surface area contributed by atoms with Crippen molar-refractivity contribution >= 4 is 40.6 Å². The maximum atomic E-state index is 13.5. The van der Waals surface area contributed by atoms with Crippen molar-refractivity contribution in [1.29, 1.82) is 0 Å². The number of benzene rings is 1. The Bertz CT molecular complexity index is 1320. The second kappa shape index (κ2) is 13.2. The Morgan fingerprint density at radius 1 is 0.923 bits per heavy atom. The number of para-hydroxylation sites is 1. The SMILES string of the molecule is CC(N)C(=O)NC(Cc1c[nH]c2ccccc12)C(=O)NC(Cc1cnc[nH]1)C(=O)NC(CCC(=O)O)C(=O)O. The van der Waals surface area contributed by atoms with Crippen molar-refractivity contribution in [3.8, 4) is 0 Å². The highest BCUT2D eigenvalue weighted by Crippen LogP contribution is 2.19. The molecule has 2 heterocycles. The number of H-pyrrole nitrogens is 2. The van der Waals surface area contributed by atoms with Crippen LogP contribution in [-0.2, 0) is 36.8 Å². The summed E-state index contributed by atoms with van der Waals surface area (Å²) in [6, 6.07) is 2.62. The molecule has 3 amide bonds. The number of amides is 3. The first-order chi connectivity index (χ1) is 18.5. The number of carboxylic acid groups (broad SMARTS) is 2.